The zero-order valence-electron chi connectivity index (χ0n) is 6.44. The molecule has 0 heterocycles. The van der Waals surface area contributed by atoms with Crippen molar-refractivity contribution in [1.82, 2.24) is 0 Å². The van der Waals surface area contributed by atoms with Gasteiger partial charge in [0.1, 0.15) is 6.07 Å². The standard InChI is InChI=1S/C9H11FN/c1-7-3-4-8(5-7)9(2,10)6-11/h8H,1-5H2. The van der Waals surface area contributed by atoms with Crippen LogP contribution < -0.4 is 0 Å². The Morgan fingerprint density at radius 3 is 2.73 bits per heavy atom. The fourth-order valence-corrected chi connectivity index (χ4v) is 1.41. The number of rotatable bonds is 1. The van der Waals surface area contributed by atoms with Gasteiger partial charge in [0, 0.05) is 5.92 Å². The summed E-state index contributed by atoms with van der Waals surface area (Å²) in [6.45, 7) is 6.98. The summed E-state index contributed by atoms with van der Waals surface area (Å²) >= 11 is 0. The Kier molecular flexibility index (Phi) is 1.99. The summed E-state index contributed by atoms with van der Waals surface area (Å²) in [7, 11) is 0. The van der Waals surface area contributed by atoms with Gasteiger partial charge >= 0.3 is 0 Å². The third-order valence-corrected chi connectivity index (χ3v) is 2.21. The molecule has 11 heavy (non-hydrogen) atoms. The molecule has 1 radical (unpaired) electrons. The second kappa shape index (κ2) is 2.65. The fourth-order valence-electron chi connectivity index (χ4n) is 1.41. The van der Waals surface area contributed by atoms with Gasteiger partial charge in [-0.15, -0.1) is 0 Å². The lowest BCUT2D eigenvalue weighted by molar-refractivity contribution is 0.204. The topological polar surface area (TPSA) is 23.8 Å². The highest BCUT2D eigenvalue weighted by atomic mass is 19.1. The van der Waals surface area contributed by atoms with Crippen LogP contribution in [-0.4, -0.2) is 5.67 Å². The summed E-state index contributed by atoms with van der Waals surface area (Å²) in [5, 5.41) is 8.42. The SMILES string of the molecule is [CH2]C(F)(C#N)C1CCC(=C)C1. The van der Waals surface area contributed by atoms with Crippen LogP contribution in [0.3, 0.4) is 0 Å². The molecule has 1 nitrogen and oxygen atoms in total. The number of nitrogens with zero attached hydrogens (tertiary/aromatic N) is 1. The molecular weight excluding hydrogens is 141 g/mol. The van der Waals surface area contributed by atoms with Gasteiger partial charge in [0.05, 0.1) is 0 Å². The fraction of sp³-hybridized carbons (Fsp3) is 0.556. The molecule has 1 saturated carbocycles. The van der Waals surface area contributed by atoms with Crippen LogP contribution in [0.1, 0.15) is 19.3 Å². The normalized spacial score (nSPS) is 29.5. The van der Waals surface area contributed by atoms with Gasteiger partial charge in [0.2, 0.25) is 0 Å². The smallest absolute Gasteiger partial charge is 0.199 e. The van der Waals surface area contributed by atoms with Crippen molar-refractivity contribution < 1.29 is 4.39 Å². The van der Waals surface area contributed by atoms with Crippen LogP contribution in [0.25, 0.3) is 0 Å². The molecule has 59 valence electrons. The van der Waals surface area contributed by atoms with Gasteiger partial charge in [0.25, 0.3) is 0 Å². The maximum Gasteiger partial charge on any atom is 0.199 e. The predicted octanol–water partition coefficient (Wildman–Crippen LogP) is 2.41. The van der Waals surface area contributed by atoms with Crippen LogP contribution >= 0.6 is 0 Å². The molecule has 0 amide bonds. The summed E-state index contributed by atoms with van der Waals surface area (Å²) < 4.78 is 13.2. The molecular formula is C9H11FN. The molecule has 0 saturated heterocycles. The highest BCUT2D eigenvalue weighted by Gasteiger charge is 2.37. The lowest BCUT2D eigenvalue weighted by atomic mass is 9.91. The summed E-state index contributed by atoms with van der Waals surface area (Å²) in [6.07, 6.45) is 2.17. The van der Waals surface area contributed by atoms with E-state index in [1.807, 2.05) is 0 Å². The minimum atomic E-state index is -1.90. The van der Waals surface area contributed by atoms with E-state index in [9.17, 15) is 4.39 Å². The molecule has 2 unspecified atom stereocenters. The summed E-state index contributed by atoms with van der Waals surface area (Å²) in [5.41, 5.74) is -0.865. The van der Waals surface area contributed by atoms with Crippen LogP contribution in [0, 0.1) is 24.2 Å². The zero-order valence-corrected chi connectivity index (χ0v) is 6.44. The molecule has 0 N–H and O–H groups in total. The molecule has 1 rings (SSSR count). The Labute approximate surface area is 66.5 Å². The first-order chi connectivity index (χ1) is 5.06. The maximum absolute atomic E-state index is 13.2. The molecule has 0 aliphatic heterocycles. The van der Waals surface area contributed by atoms with E-state index in [0.717, 1.165) is 12.0 Å². The minimum absolute atomic E-state index is 0.236. The number of halogens is 1. The minimum Gasteiger partial charge on any atom is -0.227 e. The largest absolute Gasteiger partial charge is 0.227 e. The van der Waals surface area contributed by atoms with Crippen molar-refractivity contribution in [3.8, 4) is 6.07 Å². The van der Waals surface area contributed by atoms with Gasteiger partial charge in [0.15, 0.2) is 5.67 Å². The predicted molar refractivity (Wildman–Crippen MR) is 41.3 cm³/mol. The quantitative estimate of drug-likeness (QED) is 0.529. The Morgan fingerprint density at radius 2 is 2.36 bits per heavy atom. The average Bonchev–Trinajstić information content (AvgIpc) is 2.36. The molecule has 0 aromatic rings. The van der Waals surface area contributed by atoms with Crippen LogP contribution in [0.15, 0.2) is 12.2 Å². The van der Waals surface area contributed by atoms with Gasteiger partial charge < -0.3 is 0 Å². The lowest BCUT2D eigenvalue weighted by Crippen LogP contribution is -2.25. The first-order valence-electron chi connectivity index (χ1n) is 3.68. The van der Waals surface area contributed by atoms with E-state index < -0.39 is 5.67 Å². The number of hydrogen-bond donors (Lipinski definition) is 0. The first kappa shape index (κ1) is 8.26. The van der Waals surface area contributed by atoms with Crippen molar-refractivity contribution in [2.24, 2.45) is 5.92 Å². The molecule has 0 bridgehead atoms. The van der Waals surface area contributed by atoms with E-state index in [2.05, 4.69) is 13.5 Å². The van der Waals surface area contributed by atoms with Crippen molar-refractivity contribution in [3.05, 3.63) is 19.1 Å². The second-order valence-electron chi connectivity index (χ2n) is 3.16. The lowest BCUT2D eigenvalue weighted by Gasteiger charge is -2.17. The Bertz CT molecular complexity index is 212. The van der Waals surface area contributed by atoms with Crippen molar-refractivity contribution >= 4 is 0 Å². The number of nitriles is 1. The van der Waals surface area contributed by atoms with Crippen LogP contribution in [0.5, 0.6) is 0 Å². The van der Waals surface area contributed by atoms with Crippen LogP contribution in [0.2, 0.25) is 0 Å². The molecule has 1 aliphatic rings. The van der Waals surface area contributed by atoms with E-state index in [4.69, 9.17) is 5.26 Å². The molecule has 0 aromatic carbocycles. The zero-order chi connectivity index (χ0) is 8.48. The van der Waals surface area contributed by atoms with Crippen LogP contribution in [-0.2, 0) is 0 Å². The maximum atomic E-state index is 13.2. The summed E-state index contributed by atoms with van der Waals surface area (Å²) in [4.78, 5) is 0. The number of hydrogen-bond acceptors (Lipinski definition) is 1. The number of alkyl halides is 1. The Balaban J connectivity index is 2.64. The van der Waals surface area contributed by atoms with E-state index >= 15 is 0 Å². The van der Waals surface area contributed by atoms with Crippen molar-refractivity contribution in [2.45, 2.75) is 24.9 Å². The second-order valence-corrected chi connectivity index (χ2v) is 3.16. The Morgan fingerprint density at radius 1 is 1.73 bits per heavy atom. The van der Waals surface area contributed by atoms with E-state index in [-0.39, 0.29) is 5.92 Å². The average molecular weight is 152 g/mol. The van der Waals surface area contributed by atoms with Gasteiger partial charge in [-0.05, 0) is 26.2 Å². The molecule has 1 aliphatic carbocycles. The van der Waals surface area contributed by atoms with Gasteiger partial charge in [-0.1, -0.05) is 12.2 Å². The molecule has 0 spiro atoms. The molecule has 1 fully saturated rings. The molecule has 2 atom stereocenters. The van der Waals surface area contributed by atoms with Crippen molar-refractivity contribution in [2.75, 3.05) is 0 Å². The van der Waals surface area contributed by atoms with E-state index in [1.54, 1.807) is 6.07 Å². The third-order valence-electron chi connectivity index (χ3n) is 2.21. The van der Waals surface area contributed by atoms with Crippen molar-refractivity contribution in [3.63, 3.8) is 0 Å². The summed E-state index contributed by atoms with van der Waals surface area (Å²) in [6, 6.07) is 1.58. The molecule has 2 heteroatoms. The van der Waals surface area contributed by atoms with Crippen LogP contribution in [0.4, 0.5) is 4.39 Å². The Hall–Kier alpha value is -0.840. The highest BCUT2D eigenvalue weighted by Crippen LogP contribution is 2.37. The van der Waals surface area contributed by atoms with Gasteiger partial charge in [-0.25, -0.2) is 4.39 Å². The van der Waals surface area contributed by atoms with E-state index in [0.29, 0.717) is 12.8 Å². The third kappa shape index (κ3) is 1.59. The van der Waals surface area contributed by atoms with Crippen molar-refractivity contribution in [1.29, 1.82) is 5.26 Å². The van der Waals surface area contributed by atoms with Gasteiger partial charge in [-0.2, -0.15) is 5.26 Å². The monoisotopic (exact) mass is 152 g/mol. The molecule has 0 aromatic heterocycles. The summed E-state index contributed by atoms with van der Waals surface area (Å²) in [5.74, 6) is -0.236. The first-order valence-corrected chi connectivity index (χ1v) is 3.68. The van der Waals surface area contributed by atoms with Gasteiger partial charge in [-0.3, -0.25) is 0 Å². The highest BCUT2D eigenvalue weighted by molar-refractivity contribution is 5.15. The number of allylic oxidation sites excluding steroid dienone is 1. The van der Waals surface area contributed by atoms with E-state index in [1.165, 1.54) is 0 Å².